The van der Waals surface area contributed by atoms with E-state index in [4.69, 9.17) is 0 Å². The van der Waals surface area contributed by atoms with Crippen LogP contribution in [0.15, 0.2) is 24.3 Å². The maximum absolute atomic E-state index is 14.5. The Bertz CT molecular complexity index is 877. The van der Waals surface area contributed by atoms with E-state index in [-0.39, 0.29) is 15.7 Å². The van der Waals surface area contributed by atoms with E-state index in [1.54, 1.807) is 19.1 Å². The first-order valence-corrected chi connectivity index (χ1v) is 8.97. The van der Waals surface area contributed by atoms with Crippen LogP contribution in [0.3, 0.4) is 0 Å². The van der Waals surface area contributed by atoms with Gasteiger partial charge >= 0.3 is 0 Å². The highest BCUT2D eigenvalue weighted by Crippen LogP contribution is 2.41. The number of aryl methyl sites for hydroxylation is 1. The SMILES string of the molecule is Cc1ccc(-c2c(F)c(F)c(-c3ccc(C(C)C)s3)c(F)c2F)s1. The van der Waals surface area contributed by atoms with E-state index in [0.29, 0.717) is 0 Å². The molecule has 0 saturated carbocycles. The molecule has 0 N–H and O–H groups in total. The average Bonchev–Trinajstić information content (AvgIpc) is 3.16. The molecular formula is C18H14F4S2. The van der Waals surface area contributed by atoms with E-state index in [9.17, 15) is 17.6 Å². The third kappa shape index (κ3) is 2.78. The zero-order valence-electron chi connectivity index (χ0n) is 13.2. The number of halogens is 4. The molecule has 6 heteroatoms. The molecule has 0 radical (unpaired) electrons. The van der Waals surface area contributed by atoms with Crippen LogP contribution < -0.4 is 0 Å². The predicted molar refractivity (Wildman–Crippen MR) is 91.7 cm³/mol. The molecule has 0 atom stereocenters. The lowest BCUT2D eigenvalue weighted by Crippen LogP contribution is -2.02. The highest BCUT2D eigenvalue weighted by Gasteiger charge is 2.28. The van der Waals surface area contributed by atoms with Gasteiger partial charge in [0, 0.05) is 19.5 Å². The number of hydrogen-bond donors (Lipinski definition) is 0. The van der Waals surface area contributed by atoms with E-state index in [0.717, 1.165) is 32.4 Å². The fourth-order valence-electron chi connectivity index (χ4n) is 2.43. The minimum atomic E-state index is -1.36. The lowest BCUT2D eigenvalue weighted by Gasteiger charge is -2.10. The first-order chi connectivity index (χ1) is 11.3. The molecule has 3 aromatic rings. The molecule has 0 saturated heterocycles. The number of rotatable bonds is 3. The molecule has 1 aromatic carbocycles. The van der Waals surface area contributed by atoms with Crippen LogP contribution in [0.25, 0.3) is 20.9 Å². The summed E-state index contributed by atoms with van der Waals surface area (Å²) in [5.74, 6) is -5.26. The number of benzene rings is 1. The second kappa shape index (κ2) is 6.33. The van der Waals surface area contributed by atoms with Gasteiger partial charge in [-0.25, -0.2) is 17.6 Å². The van der Waals surface area contributed by atoms with E-state index < -0.39 is 34.4 Å². The molecule has 2 heterocycles. The van der Waals surface area contributed by atoms with Crippen molar-refractivity contribution in [2.45, 2.75) is 26.7 Å². The lowest BCUT2D eigenvalue weighted by atomic mass is 10.1. The molecule has 0 nitrogen and oxygen atoms in total. The summed E-state index contributed by atoms with van der Waals surface area (Å²) in [4.78, 5) is 2.04. The van der Waals surface area contributed by atoms with Crippen LogP contribution >= 0.6 is 22.7 Å². The minimum Gasteiger partial charge on any atom is -0.203 e. The maximum atomic E-state index is 14.5. The van der Waals surface area contributed by atoms with Crippen LogP contribution in [0.5, 0.6) is 0 Å². The van der Waals surface area contributed by atoms with Crippen molar-refractivity contribution in [3.63, 3.8) is 0 Å². The molecule has 2 aromatic heterocycles. The van der Waals surface area contributed by atoms with Gasteiger partial charge in [0.2, 0.25) is 0 Å². The van der Waals surface area contributed by atoms with Crippen molar-refractivity contribution in [2.24, 2.45) is 0 Å². The van der Waals surface area contributed by atoms with Crippen LogP contribution in [-0.4, -0.2) is 0 Å². The molecule has 3 rings (SSSR count). The van der Waals surface area contributed by atoms with E-state index in [1.807, 2.05) is 13.8 Å². The van der Waals surface area contributed by atoms with Crippen LogP contribution in [-0.2, 0) is 0 Å². The quantitative estimate of drug-likeness (QED) is 0.340. The summed E-state index contributed by atoms with van der Waals surface area (Å²) in [6, 6.07) is 6.32. The second-order valence-electron chi connectivity index (χ2n) is 5.77. The Morgan fingerprint density at radius 3 is 1.54 bits per heavy atom. The summed E-state index contributed by atoms with van der Waals surface area (Å²) in [7, 11) is 0. The molecular weight excluding hydrogens is 356 g/mol. The standard InChI is InChI=1S/C18H14F4S2/c1-8(2)10-6-7-12(24-10)14-17(21)15(19)13(16(20)18(14)22)11-5-4-9(3)23-11/h4-8H,1-3H3. The summed E-state index contributed by atoms with van der Waals surface area (Å²) in [5, 5.41) is 0. The Kier molecular flexibility index (Phi) is 4.53. The minimum absolute atomic E-state index is 0.165. The first kappa shape index (κ1) is 17.2. The Morgan fingerprint density at radius 2 is 1.17 bits per heavy atom. The topological polar surface area (TPSA) is 0 Å². The van der Waals surface area contributed by atoms with Gasteiger partial charge in [0.15, 0.2) is 23.3 Å². The fourth-order valence-corrected chi connectivity index (χ4v) is 4.37. The number of hydrogen-bond acceptors (Lipinski definition) is 2. The summed E-state index contributed by atoms with van der Waals surface area (Å²) in [6.45, 7) is 5.63. The fraction of sp³-hybridized carbons (Fsp3) is 0.222. The molecule has 0 aliphatic rings. The van der Waals surface area contributed by atoms with Crippen molar-refractivity contribution in [1.82, 2.24) is 0 Å². The Labute approximate surface area is 145 Å². The lowest BCUT2D eigenvalue weighted by molar-refractivity contribution is 0.463. The number of thiophene rings is 2. The van der Waals surface area contributed by atoms with Gasteiger partial charge in [0.25, 0.3) is 0 Å². The van der Waals surface area contributed by atoms with E-state index in [2.05, 4.69) is 0 Å². The van der Waals surface area contributed by atoms with Gasteiger partial charge in [-0.2, -0.15) is 0 Å². The van der Waals surface area contributed by atoms with Crippen LogP contribution in [0.2, 0.25) is 0 Å². The third-order valence-electron chi connectivity index (χ3n) is 3.69. The molecule has 0 bridgehead atoms. The average molecular weight is 370 g/mol. The highest BCUT2D eigenvalue weighted by molar-refractivity contribution is 7.15. The molecule has 0 fully saturated rings. The Hall–Kier alpha value is -1.66. The van der Waals surface area contributed by atoms with Crippen molar-refractivity contribution in [1.29, 1.82) is 0 Å². The molecule has 126 valence electrons. The smallest absolute Gasteiger partial charge is 0.171 e. The largest absolute Gasteiger partial charge is 0.203 e. The summed E-state index contributed by atoms with van der Waals surface area (Å²) >= 11 is 2.22. The molecule has 0 aliphatic carbocycles. The summed E-state index contributed by atoms with van der Waals surface area (Å²) in [6.07, 6.45) is 0. The van der Waals surface area contributed by atoms with Crippen molar-refractivity contribution in [3.05, 3.63) is 57.3 Å². The van der Waals surface area contributed by atoms with Gasteiger partial charge in [0.1, 0.15) is 0 Å². The van der Waals surface area contributed by atoms with Gasteiger partial charge in [-0.3, -0.25) is 0 Å². The molecule has 0 aliphatic heterocycles. The first-order valence-electron chi connectivity index (χ1n) is 7.34. The van der Waals surface area contributed by atoms with Crippen molar-refractivity contribution >= 4 is 22.7 Å². The molecule has 0 amide bonds. The monoisotopic (exact) mass is 370 g/mol. The molecule has 24 heavy (non-hydrogen) atoms. The summed E-state index contributed by atoms with van der Waals surface area (Å²) < 4.78 is 58.0. The zero-order chi connectivity index (χ0) is 17.6. The third-order valence-corrected chi connectivity index (χ3v) is 6.11. The second-order valence-corrected chi connectivity index (χ2v) is 8.18. The normalized spacial score (nSPS) is 11.5. The Balaban J connectivity index is 2.23. The van der Waals surface area contributed by atoms with E-state index >= 15 is 0 Å². The molecule has 0 spiro atoms. The van der Waals surface area contributed by atoms with Gasteiger partial charge in [-0.1, -0.05) is 13.8 Å². The Morgan fingerprint density at radius 1 is 0.708 bits per heavy atom. The summed E-state index contributed by atoms with van der Waals surface area (Å²) in [5.41, 5.74) is -1.29. The van der Waals surface area contributed by atoms with Gasteiger partial charge in [-0.05, 0) is 37.1 Å². The van der Waals surface area contributed by atoms with Crippen molar-refractivity contribution in [3.8, 4) is 20.9 Å². The van der Waals surface area contributed by atoms with Gasteiger partial charge in [-0.15, -0.1) is 22.7 Å². The van der Waals surface area contributed by atoms with Crippen LogP contribution in [0.1, 0.15) is 29.5 Å². The predicted octanol–water partition coefficient (Wildman–Crippen LogP) is 7.13. The van der Waals surface area contributed by atoms with Gasteiger partial charge < -0.3 is 0 Å². The van der Waals surface area contributed by atoms with Crippen molar-refractivity contribution in [2.75, 3.05) is 0 Å². The van der Waals surface area contributed by atoms with E-state index in [1.165, 1.54) is 12.1 Å². The maximum Gasteiger partial charge on any atom is 0.171 e. The zero-order valence-corrected chi connectivity index (χ0v) is 14.8. The van der Waals surface area contributed by atoms with Crippen LogP contribution in [0, 0.1) is 30.2 Å². The van der Waals surface area contributed by atoms with Gasteiger partial charge in [0.05, 0.1) is 11.1 Å². The molecule has 0 unspecified atom stereocenters. The highest BCUT2D eigenvalue weighted by atomic mass is 32.1. The van der Waals surface area contributed by atoms with Crippen molar-refractivity contribution < 1.29 is 17.6 Å². The van der Waals surface area contributed by atoms with Crippen LogP contribution in [0.4, 0.5) is 17.6 Å².